The van der Waals surface area contributed by atoms with Gasteiger partial charge < -0.3 is 10.0 Å². The summed E-state index contributed by atoms with van der Waals surface area (Å²) in [6.45, 7) is 6.09. The van der Waals surface area contributed by atoms with E-state index in [1.807, 2.05) is 23.1 Å². The maximum Gasteiger partial charge on any atom is 0.227 e. The maximum absolute atomic E-state index is 12.7. The van der Waals surface area contributed by atoms with Crippen LogP contribution in [0.25, 0.3) is 0 Å². The van der Waals surface area contributed by atoms with Gasteiger partial charge in [-0.2, -0.15) is 0 Å². The van der Waals surface area contributed by atoms with E-state index < -0.39 is 0 Å². The Morgan fingerprint density at radius 2 is 2.14 bits per heavy atom. The normalized spacial score (nSPS) is 21.9. The molecule has 1 unspecified atom stereocenters. The van der Waals surface area contributed by atoms with Crippen LogP contribution in [-0.4, -0.2) is 16.6 Å². The number of aromatic hydroxyl groups is 1. The van der Waals surface area contributed by atoms with Gasteiger partial charge in [0.15, 0.2) is 0 Å². The van der Waals surface area contributed by atoms with Crippen molar-refractivity contribution in [3.8, 4) is 5.75 Å². The Balaban J connectivity index is 2.39. The third-order valence-corrected chi connectivity index (χ3v) is 4.65. The Hall–Kier alpha value is -1.77. The summed E-state index contributed by atoms with van der Waals surface area (Å²) in [5.74, 6) is 0.299. The Kier molecular flexibility index (Phi) is 5.64. The highest BCUT2D eigenvalue weighted by molar-refractivity contribution is 5.97. The molecule has 0 saturated carbocycles. The van der Waals surface area contributed by atoms with E-state index in [9.17, 15) is 9.90 Å². The lowest BCUT2D eigenvalue weighted by Gasteiger charge is -2.47. The highest BCUT2D eigenvalue weighted by Gasteiger charge is 2.42. The van der Waals surface area contributed by atoms with Crippen LogP contribution in [0.5, 0.6) is 5.75 Å². The van der Waals surface area contributed by atoms with E-state index in [1.54, 1.807) is 12.1 Å². The fourth-order valence-corrected chi connectivity index (χ4v) is 3.60. The summed E-state index contributed by atoms with van der Waals surface area (Å²) < 4.78 is 0. The van der Waals surface area contributed by atoms with Crippen molar-refractivity contribution >= 4 is 11.6 Å². The maximum atomic E-state index is 12.7. The number of phenolic OH excluding ortho intramolecular Hbond substituents is 1. The van der Waals surface area contributed by atoms with E-state index in [4.69, 9.17) is 0 Å². The van der Waals surface area contributed by atoms with Gasteiger partial charge in [0.1, 0.15) is 5.75 Å². The number of anilines is 1. The van der Waals surface area contributed by atoms with Gasteiger partial charge in [0.05, 0.1) is 11.2 Å². The zero-order chi connectivity index (χ0) is 16.0. The number of hydrogen-bond acceptors (Lipinski definition) is 2. The molecular formula is C19H27NO2. The van der Waals surface area contributed by atoms with Crippen LogP contribution in [0.3, 0.4) is 0 Å². The molecule has 1 N–H and O–H groups in total. The molecule has 2 rings (SSSR count). The van der Waals surface area contributed by atoms with E-state index in [0.717, 1.165) is 38.5 Å². The van der Waals surface area contributed by atoms with Crippen LogP contribution in [0.2, 0.25) is 0 Å². The number of rotatable bonds is 7. The quantitative estimate of drug-likeness (QED) is 0.580. The summed E-state index contributed by atoms with van der Waals surface area (Å²) in [5, 5.41) is 10.2. The number of phenols is 1. The molecule has 1 amide bonds. The van der Waals surface area contributed by atoms with E-state index >= 15 is 0 Å². The highest BCUT2D eigenvalue weighted by Crippen LogP contribution is 2.43. The van der Waals surface area contributed by atoms with Crippen LogP contribution in [0, 0.1) is 0 Å². The van der Waals surface area contributed by atoms with Gasteiger partial charge in [-0.3, -0.25) is 4.79 Å². The van der Waals surface area contributed by atoms with Gasteiger partial charge in [0, 0.05) is 6.42 Å². The fraction of sp³-hybridized carbons (Fsp3) is 0.526. The number of piperidine rings is 1. The smallest absolute Gasteiger partial charge is 0.227 e. The molecule has 3 heteroatoms. The van der Waals surface area contributed by atoms with Crippen LogP contribution < -0.4 is 4.90 Å². The second kappa shape index (κ2) is 7.48. The average Bonchev–Trinajstić information content (AvgIpc) is 2.49. The molecule has 120 valence electrons. The molecule has 1 atom stereocenters. The number of benzene rings is 1. The predicted octanol–water partition coefficient (Wildman–Crippen LogP) is 4.80. The number of amides is 1. The first-order chi connectivity index (χ1) is 10.6. The minimum absolute atomic E-state index is 0.117. The number of carbonyl (C=O) groups excluding carboxylic acids is 1. The molecule has 3 nitrogen and oxygen atoms in total. The molecule has 1 heterocycles. The first kappa shape index (κ1) is 16.6. The third-order valence-electron chi connectivity index (χ3n) is 4.65. The van der Waals surface area contributed by atoms with E-state index in [2.05, 4.69) is 13.5 Å². The second-order valence-electron chi connectivity index (χ2n) is 6.25. The minimum Gasteiger partial charge on any atom is -0.506 e. The summed E-state index contributed by atoms with van der Waals surface area (Å²) in [7, 11) is 0. The lowest BCUT2D eigenvalue weighted by Crippen LogP contribution is -2.55. The van der Waals surface area contributed by atoms with Crippen molar-refractivity contribution in [3.63, 3.8) is 0 Å². The predicted molar refractivity (Wildman–Crippen MR) is 91.1 cm³/mol. The average molecular weight is 301 g/mol. The Morgan fingerprint density at radius 3 is 2.82 bits per heavy atom. The second-order valence-corrected chi connectivity index (χ2v) is 6.25. The fourth-order valence-electron chi connectivity index (χ4n) is 3.60. The lowest BCUT2D eigenvalue weighted by atomic mass is 9.78. The van der Waals surface area contributed by atoms with Crippen LogP contribution in [0.1, 0.15) is 58.3 Å². The Morgan fingerprint density at radius 1 is 1.36 bits per heavy atom. The summed E-state index contributed by atoms with van der Waals surface area (Å²) in [6.07, 6.45) is 9.53. The van der Waals surface area contributed by atoms with Gasteiger partial charge >= 0.3 is 0 Å². The van der Waals surface area contributed by atoms with Gasteiger partial charge in [-0.05, 0) is 37.8 Å². The molecule has 0 radical (unpaired) electrons. The SMILES string of the molecule is C=CCC1(CCCCC)CCCC(=O)N1c1ccccc1O. The number of unbranched alkanes of at least 4 members (excludes halogenated alkanes) is 2. The molecule has 1 aliphatic rings. The van der Waals surface area contributed by atoms with Crippen molar-refractivity contribution in [3.05, 3.63) is 36.9 Å². The largest absolute Gasteiger partial charge is 0.506 e. The van der Waals surface area contributed by atoms with Crippen molar-refractivity contribution in [2.75, 3.05) is 4.90 Å². The zero-order valence-corrected chi connectivity index (χ0v) is 13.6. The van der Waals surface area contributed by atoms with Crippen LogP contribution in [0.4, 0.5) is 5.69 Å². The molecule has 0 spiro atoms. The molecule has 1 fully saturated rings. The van der Waals surface area contributed by atoms with E-state index in [-0.39, 0.29) is 17.2 Å². The number of carbonyl (C=O) groups is 1. The third kappa shape index (κ3) is 3.34. The summed E-state index contributed by atoms with van der Waals surface area (Å²) >= 11 is 0. The van der Waals surface area contributed by atoms with Gasteiger partial charge in [0.25, 0.3) is 0 Å². The molecular weight excluding hydrogens is 274 g/mol. The van der Waals surface area contributed by atoms with Crippen molar-refractivity contribution in [2.24, 2.45) is 0 Å². The molecule has 1 saturated heterocycles. The van der Waals surface area contributed by atoms with Crippen molar-refractivity contribution < 1.29 is 9.90 Å². The first-order valence-electron chi connectivity index (χ1n) is 8.36. The molecule has 0 aliphatic carbocycles. The summed E-state index contributed by atoms with van der Waals surface area (Å²) in [6, 6.07) is 7.17. The topological polar surface area (TPSA) is 40.5 Å². The first-order valence-corrected chi connectivity index (χ1v) is 8.36. The Bertz CT molecular complexity index is 526. The zero-order valence-electron chi connectivity index (χ0n) is 13.6. The summed E-state index contributed by atoms with van der Waals surface area (Å²) in [5.41, 5.74) is 0.413. The van der Waals surface area contributed by atoms with Gasteiger partial charge in [0.2, 0.25) is 5.91 Å². The molecule has 1 aromatic carbocycles. The van der Waals surface area contributed by atoms with Crippen LogP contribution in [-0.2, 0) is 4.79 Å². The van der Waals surface area contributed by atoms with Gasteiger partial charge in [-0.1, -0.05) is 44.4 Å². The van der Waals surface area contributed by atoms with Crippen molar-refractivity contribution in [1.82, 2.24) is 0 Å². The lowest BCUT2D eigenvalue weighted by molar-refractivity contribution is -0.121. The standard InChI is InChI=1S/C19H27NO2/c1-3-5-8-14-19(13-4-2)15-9-12-18(22)20(19)16-10-6-7-11-17(16)21/h4,6-7,10-11,21H,2-3,5,8-9,12-15H2,1H3. The molecule has 0 aromatic heterocycles. The molecule has 1 aliphatic heterocycles. The van der Waals surface area contributed by atoms with Crippen LogP contribution in [0.15, 0.2) is 36.9 Å². The van der Waals surface area contributed by atoms with Gasteiger partial charge in [-0.25, -0.2) is 0 Å². The summed E-state index contributed by atoms with van der Waals surface area (Å²) in [4.78, 5) is 14.5. The number of para-hydroxylation sites is 2. The monoisotopic (exact) mass is 301 g/mol. The van der Waals surface area contributed by atoms with E-state index in [0.29, 0.717) is 12.1 Å². The molecule has 22 heavy (non-hydrogen) atoms. The van der Waals surface area contributed by atoms with Gasteiger partial charge in [-0.15, -0.1) is 6.58 Å². The highest BCUT2D eigenvalue weighted by atomic mass is 16.3. The number of hydrogen-bond donors (Lipinski definition) is 1. The van der Waals surface area contributed by atoms with Crippen molar-refractivity contribution in [1.29, 1.82) is 0 Å². The number of nitrogens with zero attached hydrogens (tertiary/aromatic N) is 1. The molecule has 0 bridgehead atoms. The Labute approximate surface area is 133 Å². The van der Waals surface area contributed by atoms with E-state index in [1.165, 1.54) is 6.42 Å². The van der Waals surface area contributed by atoms with Crippen LogP contribution >= 0.6 is 0 Å². The molecule has 1 aromatic rings. The minimum atomic E-state index is -0.231. The van der Waals surface area contributed by atoms with Crippen molar-refractivity contribution in [2.45, 2.75) is 63.8 Å².